The van der Waals surface area contributed by atoms with Gasteiger partial charge in [0.05, 0.1) is 13.1 Å². The maximum absolute atomic E-state index is 5.62. The van der Waals surface area contributed by atoms with E-state index in [-0.39, 0.29) is 0 Å². The third-order valence-electron chi connectivity index (χ3n) is 4.63. The number of nitrogens with one attached hydrogen (secondary N) is 3. The number of guanidine groups is 1. The molecule has 0 aliphatic carbocycles. The van der Waals surface area contributed by atoms with Crippen LogP contribution in [0.15, 0.2) is 70.3 Å². The molecule has 4 rings (SSSR count). The summed E-state index contributed by atoms with van der Waals surface area (Å²) in [6.45, 7) is 5.99. The number of oxazole rings is 1. The molecule has 0 spiro atoms. The number of hydrogen-bond acceptors (Lipinski definition) is 3. The van der Waals surface area contributed by atoms with Crippen LogP contribution >= 0.6 is 0 Å². The van der Waals surface area contributed by atoms with Crippen LogP contribution in [-0.2, 0) is 13.1 Å². The summed E-state index contributed by atoms with van der Waals surface area (Å²) in [4.78, 5) is 12.6. The molecule has 0 radical (unpaired) electrons. The third kappa shape index (κ3) is 4.66. The summed E-state index contributed by atoms with van der Waals surface area (Å²) < 4.78 is 5.62. The highest BCUT2D eigenvalue weighted by Crippen LogP contribution is 2.19. The number of rotatable bonds is 6. The summed E-state index contributed by atoms with van der Waals surface area (Å²) in [7, 11) is 0. The van der Waals surface area contributed by atoms with Gasteiger partial charge in [-0.25, -0.2) is 9.98 Å². The van der Waals surface area contributed by atoms with Gasteiger partial charge in [0.1, 0.15) is 12.0 Å². The van der Waals surface area contributed by atoms with Crippen molar-refractivity contribution >= 4 is 16.9 Å². The molecule has 0 aliphatic rings. The maximum atomic E-state index is 5.62. The first-order valence-electron chi connectivity index (χ1n) is 9.81. The molecule has 0 bridgehead atoms. The molecular weight excluding hydrogens is 362 g/mol. The molecule has 2 aromatic heterocycles. The van der Waals surface area contributed by atoms with Gasteiger partial charge in [-0.05, 0) is 43.5 Å². The van der Waals surface area contributed by atoms with E-state index in [4.69, 9.17) is 4.42 Å². The summed E-state index contributed by atoms with van der Waals surface area (Å²) in [6, 6.07) is 18.5. The van der Waals surface area contributed by atoms with Gasteiger partial charge < -0.3 is 20.0 Å². The van der Waals surface area contributed by atoms with Crippen LogP contribution in [0, 0.1) is 6.92 Å². The van der Waals surface area contributed by atoms with Crippen molar-refractivity contribution in [2.24, 2.45) is 4.99 Å². The van der Waals surface area contributed by atoms with Crippen LogP contribution in [-0.4, -0.2) is 22.5 Å². The second-order valence-corrected chi connectivity index (χ2v) is 6.94. The Kier molecular flexibility index (Phi) is 5.61. The van der Waals surface area contributed by atoms with Crippen LogP contribution in [0.2, 0.25) is 0 Å². The normalized spacial score (nSPS) is 11.7. The first kappa shape index (κ1) is 18.8. The number of aromatic nitrogens is 2. The topological polar surface area (TPSA) is 78.2 Å². The molecule has 0 unspecified atom stereocenters. The van der Waals surface area contributed by atoms with Gasteiger partial charge in [-0.2, -0.15) is 0 Å². The molecule has 0 aliphatic heterocycles. The van der Waals surface area contributed by atoms with Crippen molar-refractivity contribution in [1.82, 2.24) is 20.6 Å². The molecule has 0 atom stereocenters. The van der Waals surface area contributed by atoms with E-state index in [2.05, 4.69) is 62.8 Å². The second kappa shape index (κ2) is 8.65. The Morgan fingerprint density at radius 3 is 2.72 bits per heavy atom. The molecule has 0 amide bonds. The minimum Gasteiger partial charge on any atom is -0.444 e. The Labute approximate surface area is 170 Å². The number of para-hydroxylation sites is 1. The number of aryl methyl sites for hydroxylation is 1. The Morgan fingerprint density at radius 1 is 1.10 bits per heavy atom. The van der Waals surface area contributed by atoms with E-state index in [1.165, 1.54) is 10.9 Å². The van der Waals surface area contributed by atoms with Gasteiger partial charge in [0.15, 0.2) is 5.96 Å². The van der Waals surface area contributed by atoms with Crippen molar-refractivity contribution in [1.29, 1.82) is 0 Å². The highest BCUT2D eigenvalue weighted by atomic mass is 16.3. The van der Waals surface area contributed by atoms with Crippen LogP contribution in [0.1, 0.15) is 23.9 Å². The highest BCUT2D eigenvalue weighted by Gasteiger charge is 2.07. The molecule has 3 N–H and O–H groups in total. The van der Waals surface area contributed by atoms with E-state index in [0.29, 0.717) is 19.0 Å². The molecule has 6 nitrogen and oxygen atoms in total. The Morgan fingerprint density at radius 2 is 1.93 bits per heavy atom. The number of H-pyrrole nitrogens is 1. The molecule has 148 valence electrons. The van der Waals surface area contributed by atoms with E-state index >= 15 is 0 Å². The fourth-order valence-corrected chi connectivity index (χ4v) is 3.12. The average Bonchev–Trinajstić information content (AvgIpc) is 3.37. The molecule has 4 aromatic rings. The molecule has 2 heterocycles. The fraction of sp³-hybridized carbons (Fsp3) is 0.217. The van der Waals surface area contributed by atoms with Gasteiger partial charge in [-0.15, -0.1) is 0 Å². The van der Waals surface area contributed by atoms with E-state index in [1.807, 2.05) is 31.2 Å². The lowest BCUT2D eigenvalue weighted by molar-refractivity contribution is 0.572. The summed E-state index contributed by atoms with van der Waals surface area (Å²) in [6.07, 6.45) is 1.67. The molecular formula is C23H25N5O. The Balaban J connectivity index is 1.41. The van der Waals surface area contributed by atoms with E-state index in [9.17, 15) is 0 Å². The van der Waals surface area contributed by atoms with Crippen molar-refractivity contribution in [3.63, 3.8) is 0 Å². The lowest BCUT2D eigenvalue weighted by Crippen LogP contribution is -2.36. The molecule has 0 fully saturated rings. The SMILES string of the molecule is CCNC(=NCc1coc(-c2ccc(C)cc2)n1)NCc1cc2ccccc2[nH]1. The van der Waals surface area contributed by atoms with Crippen LogP contribution in [0.25, 0.3) is 22.4 Å². The van der Waals surface area contributed by atoms with Crippen molar-refractivity contribution in [3.05, 3.63) is 77.8 Å². The smallest absolute Gasteiger partial charge is 0.226 e. The number of nitrogens with zero attached hydrogens (tertiary/aromatic N) is 2. The molecule has 6 heteroatoms. The van der Waals surface area contributed by atoms with E-state index in [1.54, 1.807) is 6.26 Å². The Hall–Kier alpha value is -3.54. The highest BCUT2D eigenvalue weighted by molar-refractivity contribution is 5.81. The monoisotopic (exact) mass is 387 g/mol. The lowest BCUT2D eigenvalue weighted by Gasteiger charge is -2.10. The number of fused-ring (bicyclic) bond motifs is 1. The van der Waals surface area contributed by atoms with E-state index in [0.717, 1.165) is 35.0 Å². The zero-order valence-corrected chi connectivity index (χ0v) is 16.7. The van der Waals surface area contributed by atoms with Gasteiger partial charge in [-0.1, -0.05) is 35.9 Å². The van der Waals surface area contributed by atoms with Gasteiger partial charge in [-0.3, -0.25) is 0 Å². The number of hydrogen-bond donors (Lipinski definition) is 3. The second-order valence-electron chi connectivity index (χ2n) is 6.94. The minimum absolute atomic E-state index is 0.442. The molecule has 2 aromatic carbocycles. The summed E-state index contributed by atoms with van der Waals surface area (Å²) >= 11 is 0. The number of benzene rings is 2. The molecule has 29 heavy (non-hydrogen) atoms. The van der Waals surface area contributed by atoms with E-state index < -0.39 is 0 Å². The lowest BCUT2D eigenvalue weighted by atomic mass is 10.1. The van der Waals surface area contributed by atoms with Gasteiger partial charge in [0.2, 0.25) is 5.89 Å². The van der Waals surface area contributed by atoms with Crippen LogP contribution < -0.4 is 10.6 Å². The van der Waals surface area contributed by atoms with Gasteiger partial charge in [0.25, 0.3) is 0 Å². The summed E-state index contributed by atoms with van der Waals surface area (Å²) in [5, 5.41) is 7.84. The summed E-state index contributed by atoms with van der Waals surface area (Å²) in [5.74, 6) is 1.36. The predicted octanol–water partition coefficient (Wildman–Crippen LogP) is 4.39. The standard InChI is InChI=1S/C23H25N5O/c1-3-24-23(25-13-19-12-18-6-4-5-7-21(18)27-19)26-14-20-15-29-22(28-20)17-10-8-16(2)9-11-17/h4-12,15,27H,3,13-14H2,1-2H3,(H2,24,25,26). The number of aromatic amines is 1. The number of aliphatic imine (C=N–C) groups is 1. The zero-order chi connectivity index (χ0) is 20.1. The van der Waals surface area contributed by atoms with Crippen LogP contribution in [0.4, 0.5) is 0 Å². The van der Waals surface area contributed by atoms with Gasteiger partial charge >= 0.3 is 0 Å². The largest absolute Gasteiger partial charge is 0.444 e. The fourth-order valence-electron chi connectivity index (χ4n) is 3.12. The maximum Gasteiger partial charge on any atom is 0.226 e. The van der Waals surface area contributed by atoms with Crippen molar-refractivity contribution in [2.75, 3.05) is 6.54 Å². The molecule has 0 saturated heterocycles. The first-order chi connectivity index (χ1) is 14.2. The van der Waals surface area contributed by atoms with Crippen molar-refractivity contribution in [2.45, 2.75) is 26.9 Å². The predicted molar refractivity (Wildman–Crippen MR) is 117 cm³/mol. The van der Waals surface area contributed by atoms with Crippen LogP contribution in [0.5, 0.6) is 0 Å². The summed E-state index contributed by atoms with van der Waals surface area (Å²) in [5.41, 5.74) is 5.22. The third-order valence-corrected chi connectivity index (χ3v) is 4.63. The minimum atomic E-state index is 0.442. The van der Waals surface area contributed by atoms with Crippen LogP contribution in [0.3, 0.4) is 0 Å². The first-order valence-corrected chi connectivity index (χ1v) is 9.81. The van der Waals surface area contributed by atoms with Crippen molar-refractivity contribution < 1.29 is 4.42 Å². The quantitative estimate of drug-likeness (QED) is 0.339. The Bertz CT molecular complexity index is 1070. The zero-order valence-electron chi connectivity index (χ0n) is 16.7. The van der Waals surface area contributed by atoms with Crippen molar-refractivity contribution in [3.8, 4) is 11.5 Å². The van der Waals surface area contributed by atoms with Gasteiger partial charge in [0, 0.05) is 23.3 Å². The molecule has 0 saturated carbocycles. The average molecular weight is 387 g/mol.